The maximum absolute atomic E-state index is 12.5. The Kier molecular flexibility index (Phi) is 6.43. The van der Waals surface area contributed by atoms with Crippen molar-refractivity contribution in [2.45, 2.75) is 19.8 Å². The van der Waals surface area contributed by atoms with E-state index in [1.54, 1.807) is 17.0 Å². The SMILES string of the molecule is CCc1ccccc1N1C[C@H](C(=O)NCCNc2ccc([N+](=O)[O-])cc2)CC1=O. The molecule has 1 fully saturated rings. The first-order valence-electron chi connectivity index (χ1n) is 9.64. The Bertz CT molecular complexity index is 898. The minimum Gasteiger partial charge on any atom is -0.383 e. The molecule has 1 heterocycles. The monoisotopic (exact) mass is 396 g/mol. The summed E-state index contributed by atoms with van der Waals surface area (Å²) >= 11 is 0. The normalized spacial score (nSPS) is 16.0. The molecule has 29 heavy (non-hydrogen) atoms. The van der Waals surface area contributed by atoms with Crippen molar-refractivity contribution in [2.75, 3.05) is 29.9 Å². The second kappa shape index (κ2) is 9.18. The number of nitrogens with zero attached hydrogens (tertiary/aromatic N) is 2. The highest BCUT2D eigenvalue weighted by molar-refractivity contribution is 6.00. The first kappa shape index (κ1) is 20.3. The quantitative estimate of drug-likeness (QED) is 0.406. The van der Waals surface area contributed by atoms with Crippen LogP contribution < -0.4 is 15.5 Å². The van der Waals surface area contributed by atoms with Crippen LogP contribution in [-0.2, 0) is 16.0 Å². The summed E-state index contributed by atoms with van der Waals surface area (Å²) in [5, 5.41) is 16.6. The molecule has 0 bridgehead atoms. The lowest BCUT2D eigenvalue weighted by atomic mass is 10.1. The van der Waals surface area contributed by atoms with Gasteiger partial charge in [0.1, 0.15) is 0 Å². The summed E-state index contributed by atoms with van der Waals surface area (Å²) in [4.78, 5) is 36.8. The molecule has 2 aromatic carbocycles. The van der Waals surface area contributed by atoms with Gasteiger partial charge in [0.25, 0.3) is 5.69 Å². The Morgan fingerprint density at radius 3 is 2.59 bits per heavy atom. The van der Waals surface area contributed by atoms with E-state index >= 15 is 0 Å². The molecular formula is C21H24N4O4. The number of nitro groups is 1. The fourth-order valence-corrected chi connectivity index (χ4v) is 3.43. The number of carbonyl (C=O) groups excluding carboxylic acids is 2. The number of aryl methyl sites for hydroxylation is 1. The lowest BCUT2D eigenvalue weighted by Gasteiger charge is -2.20. The summed E-state index contributed by atoms with van der Waals surface area (Å²) in [6.45, 7) is 3.30. The lowest BCUT2D eigenvalue weighted by molar-refractivity contribution is -0.384. The molecule has 2 N–H and O–H groups in total. The van der Waals surface area contributed by atoms with E-state index in [0.717, 1.165) is 23.4 Å². The maximum atomic E-state index is 12.5. The molecular weight excluding hydrogens is 372 g/mol. The Morgan fingerprint density at radius 1 is 1.17 bits per heavy atom. The Labute approximate surface area is 169 Å². The van der Waals surface area contributed by atoms with Gasteiger partial charge in [-0.3, -0.25) is 19.7 Å². The van der Waals surface area contributed by atoms with Crippen molar-refractivity contribution in [1.82, 2.24) is 5.32 Å². The summed E-state index contributed by atoms with van der Waals surface area (Å²) in [5.74, 6) is -0.540. The third-order valence-corrected chi connectivity index (χ3v) is 4.99. The molecule has 2 aromatic rings. The molecule has 1 aliphatic heterocycles. The summed E-state index contributed by atoms with van der Waals surface area (Å²) in [5.41, 5.74) is 2.75. The number of para-hydroxylation sites is 1. The van der Waals surface area contributed by atoms with Crippen LogP contribution in [0.15, 0.2) is 48.5 Å². The second-order valence-electron chi connectivity index (χ2n) is 6.91. The van der Waals surface area contributed by atoms with E-state index in [1.807, 2.05) is 31.2 Å². The van der Waals surface area contributed by atoms with Crippen LogP contribution >= 0.6 is 0 Å². The Balaban J connectivity index is 1.47. The number of rotatable bonds is 8. The highest BCUT2D eigenvalue weighted by atomic mass is 16.6. The van der Waals surface area contributed by atoms with E-state index in [9.17, 15) is 19.7 Å². The average molecular weight is 396 g/mol. The van der Waals surface area contributed by atoms with Crippen molar-refractivity contribution in [2.24, 2.45) is 5.92 Å². The van der Waals surface area contributed by atoms with Crippen molar-refractivity contribution in [1.29, 1.82) is 0 Å². The van der Waals surface area contributed by atoms with Crippen molar-refractivity contribution in [3.8, 4) is 0 Å². The molecule has 0 aliphatic carbocycles. The number of nitro benzene ring substituents is 1. The topological polar surface area (TPSA) is 105 Å². The number of hydrogen-bond acceptors (Lipinski definition) is 5. The van der Waals surface area contributed by atoms with E-state index in [-0.39, 0.29) is 29.8 Å². The standard InChI is InChI=1S/C21H24N4O4/c1-2-15-5-3-4-6-19(15)24-14-16(13-20(24)26)21(27)23-12-11-22-17-7-9-18(10-8-17)25(28)29/h3-10,16,22H,2,11-14H2,1H3,(H,23,27)/t16-/m1/s1. The molecule has 3 rings (SSSR count). The maximum Gasteiger partial charge on any atom is 0.269 e. The Morgan fingerprint density at radius 2 is 1.90 bits per heavy atom. The number of carbonyl (C=O) groups is 2. The number of non-ortho nitro benzene ring substituents is 1. The number of benzene rings is 2. The molecule has 1 aliphatic rings. The van der Waals surface area contributed by atoms with Gasteiger partial charge in [0.2, 0.25) is 11.8 Å². The fraction of sp³-hybridized carbons (Fsp3) is 0.333. The summed E-state index contributed by atoms with van der Waals surface area (Å²) in [7, 11) is 0. The molecule has 152 valence electrons. The van der Waals surface area contributed by atoms with E-state index in [4.69, 9.17) is 0 Å². The highest BCUT2D eigenvalue weighted by Gasteiger charge is 2.35. The molecule has 0 spiro atoms. The molecule has 0 unspecified atom stereocenters. The molecule has 0 radical (unpaired) electrons. The number of nitrogens with one attached hydrogen (secondary N) is 2. The zero-order valence-corrected chi connectivity index (χ0v) is 16.3. The largest absolute Gasteiger partial charge is 0.383 e. The van der Waals surface area contributed by atoms with Crippen LogP contribution in [-0.4, -0.2) is 36.4 Å². The van der Waals surface area contributed by atoms with Crippen LogP contribution in [0.4, 0.5) is 17.1 Å². The minimum absolute atomic E-state index is 0.0314. The summed E-state index contributed by atoms with van der Waals surface area (Å²) < 4.78 is 0. The fourth-order valence-electron chi connectivity index (χ4n) is 3.43. The zero-order valence-electron chi connectivity index (χ0n) is 16.3. The molecule has 0 aromatic heterocycles. The lowest BCUT2D eigenvalue weighted by Crippen LogP contribution is -2.35. The van der Waals surface area contributed by atoms with Gasteiger partial charge in [0, 0.05) is 49.6 Å². The number of hydrogen-bond donors (Lipinski definition) is 2. The molecule has 0 saturated carbocycles. The van der Waals surface area contributed by atoms with Crippen LogP contribution in [0.5, 0.6) is 0 Å². The van der Waals surface area contributed by atoms with Gasteiger partial charge in [0.15, 0.2) is 0 Å². The minimum atomic E-state index is -0.449. The van der Waals surface area contributed by atoms with E-state index in [2.05, 4.69) is 10.6 Å². The van der Waals surface area contributed by atoms with Crippen molar-refractivity contribution in [3.05, 3.63) is 64.2 Å². The predicted octanol–water partition coefficient (Wildman–Crippen LogP) is 2.74. The van der Waals surface area contributed by atoms with Crippen molar-refractivity contribution in [3.63, 3.8) is 0 Å². The summed E-state index contributed by atoms with van der Waals surface area (Å²) in [6.07, 6.45) is 1.03. The third-order valence-electron chi connectivity index (χ3n) is 4.99. The number of anilines is 2. The van der Waals surface area contributed by atoms with Gasteiger partial charge in [-0.15, -0.1) is 0 Å². The molecule has 1 saturated heterocycles. The second-order valence-corrected chi connectivity index (χ2v) is 6.91. The zero-order chi connectivity index (χ0) is 20.8. The third kappa shape index (κ3) is 4.90. The molecule has 8 nitrogen and oxygen atoms in total. The molecule has 1 atom stereocenters. The molecule has 2 amide bonds. The summed E-state index contributed by atoms with van der Waals surface area (Å²) in [6, 6.07) is 13.9. The highest BCUT2D eigenvalue weighted by Crippen LogP contribution is 2.28. The predicted molar refractivity (Wildman–Crippen MR) is 111 cm³/mol. The number of amides is 2. The van der Waals surface area contributed by atoms with Crippen LogP contribution in [0, 0.1) is 16.0 Å². The van der Waals surface area contributed by atoms with Crippen LogP contribution in [0.1, 0.15) is 18.9 Å². The van der Waals surface area contributed by atoms with E-state index in [1.165, 1.54) is 12.1 Å². The van der Waals surface area contributed by atoms with Gasteiger partial charge in [-0.05, 0) is 30.2 Å². The van der Waals surface area contributed by atoms with Crippen molar-refractivity contribution >= 4 is 28.9 Å². The van der Waals surface area contributed by atoms with Gasteiger partial charge < -0.3 is 15.5 Å². The molecule has 8 heteroatoms. The smallest absolute Gasteiger partial charge is 0.269 e. The van der Waals surface area contributed by atoms with Gasteiger partial charge in [0.05, 0.1) is 10.8 Å². The van der Waals surface area contributed by atoms with Crippen molar-refractivity contribution < 1.29 is 14.5 Å². The van der Waals surface area contributed by atoms with Gasteiger partial charge in [-0.25, -0.2) is 0 Å². The van der Waals surface area contributed by atoms with Crippen LogP contribution in [0.3, 0.4) is 0 Å². The first-order chi connectivity index (χ1) is 14.0. The Hall–Kier alpha value is -3.42. The first-order valence-corrected chi connectivity index (χ1v) is 9.64. The van der Waals surface area contributed by atoms with Gasteiger partial charge >= 0.3 is 0 Å². The van der Waals surface area contributed by atoms with Gasteiger partial charge in [-0.1, -0.05) is 25.1 Å². The average Bonchev–Trinajstić information content (AvgIpc) is 3.13. The van der Waals surface area contributed by atoms with Crippen LogP contribution in [0.25, 0.3) is 0 Å². The van der Waals surface area contributed by atoms with E-state index in [0.29, 0.717) is 19.6 Å². The van der Waals surface area contributed by atoms with E-state index < -0.39 is 4.92 Å². The van der Waals surface area contributed by atoms with Gasteiger partial charge in [-0.2, -0.15) is 0 Å². The van der Waals surface area contributed by atoms with Crippen LogP contribution in [0.2, 0.25) is 0 Å².